The number of amides is 1. The van der Waals surface area contributed by atoms with E-state index in [4.69, 9.17) is 11.1 Å². The predicted octanol–water partition coefficient (Wildman–Crippen LogP) is 2.26. The molecule has 1 aliphatic heterocycles. The lowest BCUT2D eigenvalue weighted by molar-refractivity contribution is -0.116. The Kier molecular flexibility index (Phi) is 5.84. The van der Waals surface area contributed by atoms with E-state index in [9.17, 15) is 4.79 Å². The summed E-state index contributed by atoms with van der Waals surface area (Å²) in [4.78, 5) is 14.4. The molecule has 2 rings (SSSR count). The van der Waals surface area contributed by atoms with Gasteiger partial charge in [0.1, 0.15) is 5.84 Å². The Morgan fingerprint density at radius 1 is 1.67 bits per heavy atom. The molecular weight excluding hydrogens is 310 g/mol. The molecule has 0 bridgehead atoms. The molecule has 1 aliphatic rings. The molecule has 0 saturated carbocycles. The lowest BCUT2D eigenvalue weighted by Crippen LogP contribution is -2.36. The number of hydrogen-bond acceptors (Lipinski definition) is 5. The Labute approximate surface area is 125 Å². The first-order valence-corrected chi connectivity index (χ1v) is 8.23. The molecule has 0 aliphatic carbocycles. The summed E-state index contributed by atoms with van der Waals surface area (Å²) in [5.74, 6) is 1.62. The number of thioether (sulfide) groups is 2. The van der Waals surface area contributed by atoms with Crippen LogP contribution in [0.2, 0.25) is 0 Å². The molecule has 0 aromatic carbocycles. The van der Waals surface area contributed by atoms with Crippen LogP contribution in [0.5, 0.6) is 0 Å². The molecule has 1 amide bonds. The topological polar surface area (TPSA) is 70.2 Å². The standard InChI is InChI=1S/C10H13N3OS3.ClH/c1-15-3-2-13-6-4-7(9(11)12)17-10(6)16-5-8(13)14;/h4H,2-3,5H2,1H3,(H3,11,12);1H. The zero-order valence-electron chi connectivity index (χ0n) is 9.76. The van der Waals surface area contributed by atoms with Gasteiger partial charge in [0.15, 0.2) is 0 Å². The average molecular weight is 324 g/mol. The van der Waals surface area contributed by atoms with Crippen LogP contribution in [0.25, 0.3) is 0 Å². The highest BCUT2D eigenvalue weighted by atomic mass is 35.5. The highest BCUT2D eigenvalue weighted by Crippen LogP contribution is 2.41. The average Bonchev–Trinajstić information content (AvgIpc) is 2.72. The zero-order valence-corrected chi connectivity index (χ0v) is 13.0. The number of amidine groups is 1. The Bertz CT molecular complexity index is 463. The minimum atomic E-state index is 0. The van der Waals surface area contributed by atoms with Crippen LogP contribution in [0.1, 0.15) is 4.88 Å². The summed E-state index contributed by atoms with van der Waals surface area (Å²) < 4.78 is 1.09. The fourth-order valence-corrected chi connectivity index (χ4v) is 4.08. The van der Waals surface area contributed by atoms with Gasteiger partial charge in [-0.2, -0.15) is 11.8 Å². The molecule has 0 radical (unpaired) electrons. The second-order valence-corrected chi connectivity index (χ2v) is 6.81. The van der Waals surface area contributed by atoms with Gasteiger partial charge in [-0.1, -0.05) is 0 Å². The van der Waals surface area contributed by atoms with Crippen molar-refractivity contribution in [3.63, 3.8) is 0 Å². The number of nitrogens with one attached hydrogen (secondary N) is 1. The van der Waals surface area contributed by atoms with Crippen molar-refractivity contribution < 1.29 is 4.79 Å². The zero-order chi connectivity index (χ0) is 12.4. The number of nitrogens with two attached hydrogens (primary N) is 1. The van der Waals surface area contributed by atoms with E-state index in [1.165, 1.54) is 11.3 Å². The maximum atomic E-state index is 11.9. The Hall–Kier alpha value is -0.370. The van der Waals surface area contributed by atoms with E-state index in [1.807, 2.05) is 17.2 Å². The van der Waals surface area contributed by atoms with Crippen molar-refractivity contribution in [2.45, 2.75) is 4.21 Å². The Morgan fingerprint density at radius 3 is 3.00 bits per heavy atom. The van der Waals surface area contributed by atoms with Crippen molar-refractivity contribution in [1.82, 2.24) is 0 Å². The maximum absolute atomic E-state index is 11.9. The number of nitrogen functional groups attached to an aromatic ring is 1. The van der Waals surface area contributed by atoms with Crippen LogP contribution in [-0.2, 0) is 4.79 Å². The predicted molar refractivity (Wildman–Crippen MR) is 84.0 cm³/mol. The van der Waals surface area contributed by atoms with Crippen LogP contribution in [0.4, 0.5) is 5.69 Å². The van der Waals surface area contributed by atoms with E-state index < -0.39 is 0 Å². The quantitative estimate of drug-likeness (QED) is 0.658. The minimum Gasteiger partial charge on any atom is -0.383 e. The Morgan fingerprint density at radius 2 is 2.39 bits per heavy atom. The highest BCUT2D eigenvalue weighted by molar-refractivity contribution is 8.02. The molecule has 1 aromatic heterocycles. The lowest BCUT2D eigenvalue weighted by atomic mass is 10.3. The fraction of sp³-hybridized carbons (Fsp3) is 0.400. The molecule has 0 atom stereocenters. The van der Waals surface area contributed by atoms with Gasteiger partial charge in [-0.25, -0.2) is 0 Å². The first-order valence-electron chi connectivity index (χ1n) is 5.04. The van der Waals surface area contributed by atoms with Crippen molar-refractivity contribution >= 4 is 64.7 Å². The third-order valence-corrected chi connectivity index (χ3v) is 5.39. The summed E-state index contributed by atoms with van der Waals surface area (Å²) >= 11 is 4.76. The van der Waals surface area contributed by atoms with Gasteiger partial charge in [-0.3, -0.25) is 10.2 Å². The first kappa shape index (κ1) is 15.7. The van der Waals surface area contributed by atoms with Crippen LogP contribution in [0.15, 0.2) is 10.3 Å². The number of carbonyl (C=O) groups excluding carboxylic acids is 1. The maximum Gasteiger partial charge on any atom is 0.237 e. The molecule has 8 heteroatoms. The van der Waals surface area contributed by atoms with Crippen molar-refractivity contribution in [2.24, 2.45) is 5.73 Å². The van der Waals surface area contributed by atoms with Gasteiger partial charge in [0.2, 0.25) is 5.91 Å². The van der Waals surface area contributed by atoms with Crippen LogP contribution < -0.4 is 10.6 Å². The van der Waals surface area contributed by atoms with Crippen molar-refractivity contribution in [3.8, 4) is 0 Å². The van der Waals surface area contributed by atoms with Crippen LogP contribution in [0.3, 0.4) is 0 Å². The SMILES string of the molecule is CSCCN1C(=O)CSc2sc(C(=N)N)cc21.Cl. The summed E-state index contributed by atoms with van der Waals surface area (Å²) in [6, 6.07) is 1.85. The number of nitrogens with zero attached hydrogens (tertiary/aromatic N) is 1. The van der Waals surface area contributed by atoms with Gasteiger partial charge < -0.3 is 10.6 Å². The molecule has 3 N–H and O–H groups in total. The van der Waals surface area contributed by atoms with Crippen LogP contribution in [0, 0.1) is 5.41 Å². The number of halogens is 1. The Balaban J connectivity index is 0.00000162. The molecular formula is C10H14ClN3OS3. The fourth-order valence-electron chi connectivity index (χ4n) is 1.56. The highest BCUT2D eigenvalue weighted by Gasteiger charge is 2.27. The number of rotatable bonds is 4. The van der Waals surface area contributed by atoms with Gasteiger partial charge in [-0.05, 0) is 12.3 Å². The summed E-state index contributed by atoms with van der Waals surface area (Å²) in [6.07, 6.45) is 2.03. The molecule has 0 fully saturated rings. The number of anilines is 1. The minimum absolute atomic E-state index is 0. The lowest BCUT2D eigenvalue weighted by Gasteiger charge is -2.26. The first-order chi connectivity index (χ1) is 8.13. The van der Waals surface area contributed by atoms with Gasteiger partial charge in [-0.15, -0.1) is 35.5 Å². The number of hydrogen-bond donors (Lipinski definition) is 2. The largest absolute Gasteiger partial charge is 0.383 e. The molecule has 0 unspecified atom stereocenters. The molecule has 18 heavy (non-hydrogen) atoms. The normalized spacial score (nSPS) is 14.1. The number of fused-ring (bicyclic) bond motifs is 1. The van der Waals surface area contributed by atoms with E-state index >= 15 is 0 Å². The van der Waals surface area contributed by atoms with E-state index in [0.717, 1.165) is 27.1 Å². The smallest absolute Gasteiger partial charge is 0.237 e. The third kappa shape index (κ3) is 3.14. The molecule has 2 heterocycles. The van der Waals surface area contributed by atoms with Crippen molar-refractivity contribution in [3.05, 3.63) is 10.9 Å². The second-order valence-electron chi connectivity index (χ2n) is 3.52. The third-order valence-electron chi connectivity index (χ3n) is 2.38. The van der Waals surface area contributed by atoms with Crippen molar-refractivity contribution in [2.75, 3.05) is 29.2 Å². The van der Waals surface area contributed by atoms with Gasteiger partial charge >= 0.3 is 0 Å². The van der Waals surface area contributed by atoms with E-state index in [1.54, 1.807) is 23.5 Å². The molecule has 1 aromatic rings. The molecule has 100 valence electrons. The number of thiophene rings is 1. The summed E-state index contributed by atoms with van der Waals surface area (Å²) in [5.41, 5.74) is 6.41. The van der Waals surface area contributed by atoms with Gasteiger partial charge in [0.05, 0.1) is 20.5 Å². The molecule has 0 spiro atoms. The van der Waals surface area contributed by atoms with E-state index in [-0.39, 0.29) is 24.1 Å². The van der Waals surface area contributed by atoms with E-state index in [2.05, 4.69) is 0 Å². The second kappa shape index (κ2) is 6.70. The van der Waals surface area contributed by atoms with E-state index in [0.29, 0.717) is 5.75 Å². The summed E-state index contributed by atoms with van der Waals surface area (Å²) in [6.45, 7) is 0.724. The molecule has 4 nitrogen and oxygen atoms in total. The number of carbonyl (C=O) groups is 1. The summed E-state index contributed by atoms with van der Waals surface area (Å²) in [5, 5.41) is 7.44. The molecule has 0 saturated heterocycles. The monoisotopic (exact) mass is 323 g/mol. The van der Waals surface area contributed by atoms with Crippen molar-refractivity contribution in [1.29, 1.82) is 5.41 Å². The van der Waals surface area contributed by atoms with Crippen LogP contribution in [-0.4, -0.2) is 36.0 Å². The summed E-state index contributed by atoms with van der Waals surface area (Å²) in [7, 11) is 0. The van der Waals surface area contributed by atoms with Gasteiger partial charge in [0.25, 0.3) is 0 Å². The van der Waals surface area contributed by atoms with Crippen LogP contribution >= 0.6 is 47.3 Å². The van der Waals surface area contributed by atoms with Gasteiger partial charge in [0, 0.05) is 12.3 Å².